The number of nitrogens with one attached hydrogen (secondary N) is 2. The van der Waals surface area contributed by atoms with Crippen LogP contribution in [0.1, 0.15) is 42.7 Å². The molecule has 7 heteroatoms. The van der Waals surface area contributed by atoms with E-state index in [9.17, 15) is 14.4 Å². The highest BCUT2D eigenvalue weighted by atomic mass is 16.5. The Bertz CT molecular complexity index is 1030. The number of carbonyl (C=O) groups is 3. The number of alkyl carbamates (subject to hydrolysis) is 1. The first-order chi connectivity index (χ1) is 16.0. The molecule has 0 spiro atoms. The van der Waals surface area contributed by atoms with E-state index in [-0.39, 0.29) is 48.6 Å². The van der Waals surface area contributed by atoms with Gasteiger partial charge in [0.05, 0.1) is 5.92 Å². The second-order valence-electron chi connectivity index (χ2n) is 9.36. The quantitative estimate of drug-likeness (QED) is 0.544. The Balaban J connectivity index is 1.14. The van der Waals surface area contributed by atoms with E-state index in [2.05, 4.69) is 34.9 Å². The van der Waals surface area contributed by atoms with Gasteiger partial charge in [-0.3, -0.25) is 9.59 Å². The molecule has 2 saturated carbocycles. The van der Waals surface area contributed by atoms with E-state index in [1.807, 2.05) is 24.3 Å². The second-order valence-corrected chi connectivity index (χ2v) is 9.36. The van der Waals surface area contributed by atoms with Crippen molar-refractivity contribution in [1.82, 2.24) is 10.6 Å². The topological polar surface area (TPSA) is 105 Å². The molecule has 2 aromatic rings. The molecule has 0 radical (unpaired) electrons. The maximum atomic E-state index is 12.6. The van der Waals surface area contributed by atoms with Crippen LogP contribution in [0.4, 0.5) is 4.79 Å². The Hall–Kier alpha value is -3.35. The van der Waals surface area contributed by atoms with E-state index >= 15 is 0 Å². The van der Waals surface area contributed by atoms with E-state index in [0.29, 0.717) is 13.0 Å². The van der Waals surface area contributed by atoms with Gasteiger partial charge in [-0.2, -0.15) is 0 Å². The number of benzene rings is 2. The number of fused-ring (bicyclic) bond motifs is 3. The Morgan fingerprint density at radius 1 is 1.00 bits per heavy atom. The summed E-state index contributed by atoms with van der Waals surface area (Å²) in [4.78, 5) is 35.9. The fraction of sp³-hybridized carbons (Fsp3) is 0.423. The van der Waals surface area contributed by atoms with Gasteiger partial charge in [0, 0.05) is 24.9 Å². The van der Waals surface area contributed by atoms with Gasteiger partial charge in [0.1, 0.15) is 6.61 Å². The van der Waals surface area contributed by atoms with Crippen molar-refractivity contribution in [3.63, 3.8) is 0 Å². The third-order valence-corrected chi connectivity index (χ3v) is 7.04. The smallest absolute Gasteiger partial charge is 0.407 e. The maximum absolute atomic E-state index is 12.6. The fourth-order valence-corrected chi connectivity index (χ4v) is 4.92. The van der Waals surface area contributed by atoms with E-state index in [1.165, 1.54) is 11.1 Å². The van der Waals surface area contributed by atoms with Crippen LogP contribution in [0.15, 0.2) is 48.5 Å². The number of hydrogen-bond acceptors (Lipinski definition) is 4. The summed E-state index contributed by atoms with van der Waals surface area (Å²) in [6, 6.07) is 16.1. The minimum Gasteiger partial charge on any atom is -0.481 e. The van der Waals surface area contributed by atoms with E-state index in [0.717, 1.165) is 24.0 Å². The van der Waals surface area contributed by atoms with Crippen LogP contribution in [0, 0.1) is 17.8 Å². The molecule has 2 aromatic carbocycles. The number of rotatable bonds is 9. The molecule has 7 nitrogen and oxygen atoms in total. The first-order valence-corrected chi connectivity index (χ1v) is 11.6. The van der Waals surface area contributed by atoms with Crippen LogP contribution in [0.25, 0.3) is 11.1 Å². The average molecular weight is 449 g/mol. The number of ether oxygens (including phenoxy) is 1. The van der Waals surface area contributed by atoms with Crippen LogP contribution >= 0.6 is 0 Å². The first kappa shape index (κ1) is 21.5. The molecule has 2 amide bonds. The molecule has 3 N–H and O–H groups in total. The summed E-state index contributed by atoms with van der Waals surface area (Å²) in [6.45, 7) is 0.611. The summed E-state index contributed by atoms with van der Waals surface area (Å²) in [5.41, 5.74) is 4.67. The fourth-order valence-electron chi connectivity index (χ4n) is 4.92. The summed E-state index contributed by atoms with van der Waals surface area (Å²) in [5.74, 6) is -1.02. The standard InChI is InChI=1S/C26H28N2O5/c29-24(27-13-16-11-21(16)25(30)31)12-23(15-9-10-15)28-26(32)33-14-22-19-7-3-1-5-17(19)18-6-2-4-8-20(18)22/h1-8,15-16,21-23H,9-14H2,(H,27,29)(H,28,32)(H,30,31). The largest absolute Gasteiger partial charge is 0.481 e. The van der Waals surface area contributed by atoms with Gasteiger partial charge in [-0.25, -0.2) is 4.79 Å². The minimum atomic E-state index is -0.804. The zero-order chi connectivity index (χ0) is 22.9. The Morgan fingerprint density at radius 3 is 2.21 bits per heavy atom. The third kappa shape index (κ3) is 4.72. The van der Waals surface area contributed by atoms with Crippen LogP contribution in [0.2, 0.25) is 0 Å². The van der Waals surface area contributed by atoms with Gasteiger partial charge < -0.3 is 20.5 Å². The van der Waals surface area contributed by atoms with Crippen molar-refractivity contribution >= 4 is 18.0 Å². The molecular weight excluding hydrogens is 420 g/mol. The zero-order valence-corrected chi connectivity index (χ0v) is 18.3. The Labute approximate surface area is 192 Å². The average Bonchev–Trinajstić information content (AvgIpc) is 3.72. The highest BCUT2D eigenvalue weighted by Crippen LogP contribution is 2.44. The second kappa shape index (κ2) is 8.89. The number of carbonyl (C=O) groups excluding carboxylic acids is 2. The van der Waals surface area contributed by atoms with Crippen LogP contribution in [0.3, 0.4) is 0 Å². The van der Waals surface area contributed by atoms with Gasteiger partial charge in [0.25, 0.3) is 0 Å². The predicted molar refractivity (Wildman–Crippen MR) is 122 cm³/mol. The lowest BCUT2D eigenvalue weighted by Gasteiger charge is -2.19. The predicted octanol–water partition coefficient (Wildman–Crippen LogP) is 3.53. The summed E-state index contributed by atoms with van der Waals surface area (Å²) < 4.78 is 5.63. The molecule has 0 aromatic heterocycles. The molecule has 0 bridgehead atoms. The molecule has 33 heavy (non-hydrogen) atoms. The van der Waals surface area contributed by atoms with E-state index < -0.39 is 12.1 Å². The molecule has 0 saturated heterocycles. The van der Waals surface area contributed by atoms with Gasteiger partial charge in [-0.05, 0) is 53.4 Å². The molecule has 5 rings (SSSR count). The van der Waals surface area contributed by atoms with E-state index in [4.69, 9.17) is 9.84 Å². The van der Waals surface area contributed by atoms with Gasteiger partial charge in [0.2, 0.25) is 5.91 Å². The van der Waals surface area contributed by atoms with Gasteiger partial charge in [-0.1, -0.05) is 48.5 Å². The van der Waals surface area contributed by atoms with Gasteiger partial charge in [0.15, 0.2) is 0 Å². The summed E-state index contributed by atoms with van der Waals surface area (Å²) in [7, 11) is 0. The van der Waals surface area contributed by atoms with Crippen molar-refractivity contribution in [2.24, 2.45) is 17.8 Å². The number of carboxylic acids is 1. The monoisotopic (exact) mass is 448 g/mol. The van der Waals surface area contributed by atoms with Crippen molar-refractivity contribution in [3.8, 4) is 11.1 Å². The van der Waals surface area contributed by atoms with Crippen molar-refractivity contribution in [3.05, 3.63) is 59.7 Å². The number of hydrogen-bond donors (Lipinski definition) is 3. The molecule has 3 atom stereocenters. The molecular formula is C26H28N2O5. The van der Waals surface area contributed by atoms with Crippen LogP contribution in [0.5, 0.6) is 0 Å². The molecule has 2 fully saturated rings. The third-order valence-electron chi connectivity index (χ3n) is 7.04. The van der Waals surface area contributed by atoms with Gasteiger partial charge >= 0.3 is 12.1 Å². The van der Waals surface area contributed by atoms with Crippen molar-refractivity contribution < 1.29 is 24.2 Å². The number of carboxylic acid groups (broad SMARTS) is 1. The van der Waals surface area contributed by atoms with Crippen LogP contribution < -0.4 is 10.6 Å². The molecule has 0 heterocycles. The first-order valence-electron chi connectivity index (χ1n) is 11.6. The van der Waals surface area contributed by atoms with Crippen molar-refractivity contribution in [1.29, 1.82) is 0 Å². The lowest BCUT2D eigenvalue weighted by atomic mass is 9.98. The minimum absolute atomic E-state index is 0.00783. The van der Waals surface area contributed by atoms with Gasteiger partial charge in [-0.15, -0.1) is 0 Å². The molecule has 0 aliphatic heterocycles. The summed E-state index contributed by atoms with van der Waals surface area (Å²) in [5, 5.41) is 14.7. The maximum Gasteiger partial charge on any atom is 0.407 e. The normalized spacial score (nSPS) is 21.5. The summed E-state index contributed by atoms with van der Waals surface area (Å²) in [6.07, 6.45) is 2.24. The Kier molecular flexibility index (Phi) is 5.79. The van der Waals surface area contributed by atoms with E-state index in [1.54, 1.807) is 0 Å². The number of amides is 2. The zero-order valence-electron chi connectivity index (χ0n) is 18.3. The molecule has 3 unspecified atom stereocenters. The lowest BCUT2D eigenvalue weighted by molar-refractivity contribution is -0.139. The summed E-state index contributed by atoms with van der Waals surface area (Å²) >= 11 is 0. The van der Waals surface area contributed by atoms with Crippen molar-refractivity contribution in [2.75, 3.05) is 13.2 Å². The highest BCUT2D eigenvalue weighted by molar-refractivity contribution is 5.80. The number of aliphatic carboxylic acids is 1. The Morgan fingerprint density at radius 2 is 1.64 bits per heavy atom. The molecule has 3 aliphatic rings. The molecule has 3 aliphatic carbocycles. The SMILES string of the molecule is O=C(CC(NC(=O)OCC1c2ccccc2-c2ccccc21)C1CC1)NCC1CC1C(=O)O. The van der Waals surface area contributed by atoms with Crippen LogP contribution in [-0.4, -0.2) is 42.3 Å². The van der Waals surface area contributed by atoms with Crippen LogP contribution in [-0.2, 0) is 14.3 Å². The lowest BCUT2D eigenvalue weighted by Crippen LogP contribution is -2.41. The van der Waals surface area contributed by atoms with Crippen molar-refractivity contribution in [2.45, 2.75) is 37.6 Å². The molecule has 172 valence electrons. The highest BCUT2D eigenvalue weighted by Gasteiger charge is 2.43.